The van der Waals surface area contributed by atoms with Crippen molar-refractivity contribution in [1.29, 1.82) is 0 Å². The van der Waals surface area contributed by atoms with E-state index < -0.39 is 26.5 Å². The number of methoxy groups -OCH3 is 1. The van der Waals surface area contributed by atoms with Crippen LogP contribution in [0.1, 0.15) is 37.6 Å². The highest BCUT2D eigenvalue weighted by Gasteiger charge is 2.47. The Kier molecular flexibility index (Phi) is 8.45. The maximum absolute atomic E-state index is 15.6. The summed E-state index contributed by atoms with van der Waals surface area (Å²) in [7, 11) is -1.54. The fourth-order valence-electron chi connectivity index (χ4n) is 4.55. The van der Waals surface area contributed by atoms with Crippen molar-refractivity contribution < 1.29 is 28.6 Å². The zero-order valence-electron chi connectivity index (χ0n) is 20.4. The fourth-order valence-corrected chi connectivity index (χ4v) is 6.52. The normalized spacial score (nSPS) is 21.9. The van der Waals surface area contributed by atoms with Gasteiger partial charge in [0.15, 0.2) is 0 Å². The number of nitrogens with zero attached hydrogens (tertiary/aromatic N) is 3. The maximum Gasteiger partial charge on any atom is 0.252 e. The van der Waals surface area contributed by atoms with Crippen molar-refractivity contribution in [3.63, 3.8) is 0 Å². The van der Waals surface area contributed by atoms with E-state index in [2.05, 4.69) is 15.6 Å². The Morgan fingerprint density at radius 2 is 2.15 bits per heavy atom. The summed E-state index contributed by atoms with van der Waals surface area (Å²) < 4.78 is 29.5. The van der Waals surface area contributed by atoms with Crippen molar-refractivity contribution in [2.24, 2.45) is 5.92 Å². The number of benzene rings is 1. The van der Waals surface area contributed by atoms with E-state index in [9.17, 15) is 9.90 Å². The van der Waals surface area contributed by atoms with Crippen LogP contribution in [0.15, 0.2) is 24.4 Å². The lowest BCUT2D eigenvalue weighted by Crippen LogP contribution is -2.46. The molecule has 0 fully saturated rings. The van der Waals surface area contributed by atoms with Gasteiger partial charge in [0, 0.05) is 55.6 Å². The van der Waals surface area contributed by atoms with Crippen molar-refractivity contribution >= 4 is 20.0 Å². The number of rotatable bonds is 10. The number of amides is 1. The molecule has 34 heavy (non-hydrogen) atoms. The van der Waals surface area contributed by atoms with Gasteiger partial charge in [0.25, 0.3) is 5.91 Å². The number of aliphatic hydroxyl groups excluding tert-OH is 2. The molecule has 3 N–H and O–H groups in total. The summed E-state index contributed by atoms with van der Waals surface area (Å²) in [6, 6.07) is 5.23. The lowest BCUT2D eigenvalue weighted by Gasteiger charge is -2.43. The van der Waals surface area contributed by atoms with Crippen LogP contribution in [0.4, 0.5) is 9.80 Å². The Bertz CT molecular complexity index is 981. The SMILES string of the molecule is CO[C@@H]1c2cc(NC(=O)[C@H](C)O)ccc2O[C@H](C(CCn2cc(CCO)nn2)[Si](C)(C)F)[C@H]1C. The zero-order valence-corrected chi connectivity index (χ0v) is 21.4. The van der Waals surface area contributed by atoms with Crippen LogP contribution in [0.2, 0.25) is 18.6 Å². The molecule has 1 aliphatic heterocycles. The first-order valence-corrected chi connectivity index (χ1v) is 14.5. The number of nitrogens with one attached hydrogen (secondary N) is 1. The van der Waals surface area contributed by atoms with E-state index in [1.165, 1.54) is 6.92 Å². The minimum absolute atomic E-state index is 0.00140. The van der Waals surface area contributed by atoms with E-state index >= 15 is 4.11 Å². The third kappa shape index (κ3) is 6.01. The zero-order chi connectivity index (χ0) is 25.0. The Morgan fingerprint density at radius 3 is 2.76 bits per heavy atom. The largest absolute Gasteiger partial charge is 0.490 e. The molecule has 1 aliphatic rings. The van der Waals surface area contributed by atoms with Gasteiger partial charge in [-0.25, -0.2) is 0 Å². The van der Waals surface area contributed by atoms with Gasteiger partial charge in [-0.2, -0.15) is 0 Å². The van der Waals surface area contributed by atoms with E-state index in [4.69, 9.17) is 14.6 Å². The maximum atomic E-state index is 15.6. The van der Waals surface area contributed by atoms with Gasteiger partial charge in [0.2, 0.25) is 8.41 Å². The van der Waals surface area contributed by atoms with Gasteiger partial charge in [0.05, 0.1) is 11.8 Å². The van der Waals surface area contributed by atoms with Gasteiger partial charge >= 0.3 is 0 Å². The molecule has 0 saturated carbocycles. The lowest BCUT2D eigenvalue weighted by atomic mass is 9.86. The molecule has 2 heterocycles. The Hall–Kier alpha value is -2.34. The molecule has 2 aromatic rings. The van der Waals surface area contributed by atoms with Gasteiger partial charge in [-0.15, -0.1) is 5.10 Å². The first kappa shape index (κ1) is 26.3. The van der Waals surface area contributed by atoms with Crippen LogP contribution in [0, 0.1) is 5.92 Å². The Morgan fingerprint density at radius 1 is 1.41 bits per heavy atom. The van der Waals surface area contributed by atoms with E-state index in [1.807, 2.05) is 6.92 Å². The number of aliphatic hydroxyl groups is 2. The molecule has 9 nitrogen and oxygen atoms in total. The Balaban J connectivity index is 1.83. The van der Waals surface area contributed by atoms with E-state index in [0.29, 0.717) is 36.5 Å². The highest BCUT2D eigenvalue weighted by atomic mass is 28.4. The molecule has 1 amide bonds. The monoisotopic (exact) mass is 494 g/mol. The number of carbonyl (C=O) groups is 1. The molecule has 0 radical (unpaired) electrons. The van der Waals surface area contributed by atoms with Crippen molar-refractivity contribution in [2.45, 2.75) is 70.2 Å². The van der Waals surface area contributed by atoms with Crippen molar-refractivity contribution in [3.8, 4) is 5.75 Å². The number of anilines is 1. The molecule has 5 atom stereocenters. The van der Waals surface area contributed by atoms with Crippen LogP contribution in [0.5, 0.6) is 5.75 Å². The van der Waals surface area contributed by atoms with Crippen molar-refractivity contribution in [3.05, 3.63) is 35.7 Å². The summed E-state index contributed by atoms with van der Waals surface area (Å²) in [4.78, 5) is 11.9. The molecule has 0 bridgehead atoms. The number of hydrogen-bond acceptors (Lipinski definition) is 7. The number of aryl methyl sites for hydroxylation is 1. The second-order valence-corrected chi connectivity index (χ2v) is 13.3. The molecule has 1 aromatic carbocycles. The van der Waals surface area contributed by atoms with E-state index in [1.54, 1.807) is 49.3 Å². The smallest absolute Gasteiger partial charge is 0.252 e. The summed E-state index contributed by atoms with van der Waals surface area (Å²) in [6.07, 6.45) is 0.862. The summed E-state index contributed by atoms with van der Waals surface area (Å²) in [5, 5.41) is 29.4. The summed E-state index contributed by atoms with van der Waals surface area (Å²) in [6.45, 7) is 7.27. The molecular weight excluding hydrogens is 459 g/mol. The molecule has 1 unspecified atom stereocenters. The summed E-state index contributed by atoms with van der Waals surface area (Å²) in [5.74, 6) is -0.0512. The Labute approximate surface area is 200 Å². The molecule has 0 saturated heterocycles. The van der Waals surface area contributed by atoms with Gasteiger partial charge in [-0.3, -0.25) is 9.48 Å². The van der Waals surface area contributed by atoms with Gasteiger partial charge in [-0.1, -0.05) is 12.1 Å². The topological polar surface area (TPSA) is 119 Å². The van der Waals surface area contributed by atoms with Crippen LogP contribution >= 0.6 is 0 Å². The van der Waals surface area contributed by atoms with Crippen LogP contribution in [-0.2, 0) is 22.5 Å². The number of halogens is 1. The van der Waals surface area contributed by atoms with Crippen molar-refractivity contribution in [2.75, 3.05) is 19.0 Å². The number of aromatic nitrogens is 3. The van der Waals surface area contributed by atoms with Crippen LogP contribution in [0.3, 0.4) is 0 Å². The average Bonchev–Trinajstić information content (AvgIpc) is 3.21. The predicted octanol–water partition coefficient (Wildman–Crippen LogP) is 2.85. The van der Waals surface area contributed by atoms with Gasteiger partial charge < -0.3 is 29.1 Å². The number of fused-ring (bicyclic) bond motifs is 1. The lowest BCUT2D eigenvalue weighted by molar-refractivity contribution is -0.123. The molecule has 1 aromatic heterocycles. The third-order valence-electron chi connectivity index (χ3n) is 6.38. The summed E-state index contributed by atoms with van der Waals surface area (Å²) in [5.41, 5.74) is 1.68. The van der Waals surface area contributed by atoms with Crippen LogP contribution < -0.4 is 10.1 Å². The van der Waals surface area contributed by atoms with Crippen LogP contribution in [0.25, 0.3) is 0 Å². The summed E-state index contributed by atoms with van der Waals surface area (Å²) >= 11 is 0. The second-order valence-electron chi connectivity index (χ2n) is 9.42. The number of hydrogen-bond donors (Lipinski definition) is 3. The van der Waals surface area contributed by atoms with E-state index in [-0.39, 0.29) is 24.2 Å². The molecule has 11 heteroatoms. The minimum atomic E-state index is -3.15. The van der Waals surface area contributed by atoms with Crippen LogP contribution in [-0.4, -0.2) is 65.4 Å². The second kappa shape index (κ2) is 10.9. The average molecular weight is 495 g/mol. The quantitative estimate of drug-likeness (QED) is 0.343. The molecule has 0 aliphatic carbocycles. The van der Waals surface area contributed by atoms with E-state index in [0.717, 1.165) is 5.56 Å². The highest BCUT2D eigenvalue weighted by Crippen LogP contribution is 2.47. The van der Waals surface area contributed by atoms with Crippen molar-refractivity contribution in [1.82, 2.24) is 15.0 Å². The highest BCUT2D eigenvalue weighted by molar-refractivity contribution is 6.72. The standard InChI is InChI=1S/C23H35FN4O5Si/c1-14-21(32-3)18-12-16(25-23(31)15(2)30)6-7-19(18)33-22(14)20(34(4,5)24)8-10-28-13-17(9-11-29)26-27-28/h6-7,12-15,20-22,29-30H,8-11H2,1-5H3,(H,25,31)/t14-,15-,20?,21-,22-/m0/s1. The first-order valence-electron chi connectivity index (χ1n) is 11.6. The minimum Gasteiger partial charge on any atom is -0.490 e. The molecule has 3 rings (SSSR count). The molecule has 188 valence electrons. The van der Waals surface area contributed by atoms with Gasteiger partial charge in [0.1, 0.15) is 18.0 Å². The number of carbonyl (C=O) groups excluding carboxylic acids is 1. The molecular formula is C23H35FN4O5Si. The first-order chi connectivity index (χ1) is 16.0. The number of ether oxygens (including phenoxy) is 2. The predicted molar refractivity (Wildman–Crippen MR) is 128 cm³/mol. The molecule has 0 spiro atoms. The third-order valence-corrected chi connectivity index (χ3v) is 8.76. The fraction of sp³-hybridized carbons (Fsp3) is 0.609. The van der Waals surface area contributed by atoms with Gasteiger partial charge in [-0.05, 0) is 44.6 Å².